The third-order valence-corrected chi connectivity index (χ3v) is 6.16. The van der Waals surface area contributed by atoms with E-state index in [1.54, 1.807) is 0 Å². The first-order valence-electron chi connectivity index (χ1n) is 11.3. The summed E-state index contributed by atoms with van der Waals surface area (Å²) in [6.07, 6.45) is 0. The topological polar surface area (TPSA) is 158 Å². The molecule has 0 radical (unpaired) electrons. The quantitative estimate of drug-likeness (QED) is 0.309. The van der Waals surface area contributed by atoms with Crippen LogP contribution in [0.25, 0.3) is 0 Å². The van der Waals surface area contributed by atoms with Crippen molar-refractivity contribution in [2.24, 2.45) is 0 Å². The fraction of sp³-hybridized carbons (Fsp3) is 0.111. The van der Waals surface area contributed by atoms with Crippen molar-refractivity contribution < 1.29 is 57.2 Å². The SMILES string of the molecule is O=C1OCC2(OC(=O)c3ccccc31)OC(=O)c1ccccc1C(=O)OC21OC(=O)c2ccccc2C(=O)O1. The molecule has 0 fully saturated rings. The summed E-state index contributed by atoms with van der Waals surface area (Å²) in [5.41, 5.74) is -1.76. The van der Waals surface area contributed by atoms with Crippen LogP contribution in [0.15, 0.2) is 72.8 Å². The van der Waals surface area contributed by atoms with Gasteiger partial charge in [0.2, 0.25) is 0 Å². The van der Waals surface area contributed by atoms with Crippen molar-refractivity contribution >= 4 is 35.8 Å². The first-order valence-corrected chi connectivity index (χ1v) is 11.3. The number of hydrogen-bond donors (Lipinski definition) is 0. The van der Waals surface area contributed by atoms with Crippen LogP contribution in [0.2, 0.25) is 0 Å². The van der Waals surface area contributed by atoms with Gasteiger partial charge in [-0.25, -0.2) is 28.8 Å². The van der Waals surface area contributed by atoms with Crippen molar-refractivity contribution in [2.75, 3.05) is 6.61 Å². The summed E-state index contributed by atoms with van der Waals surface area (Å²) >= 11 is 0. The predicted molar refractivity (Wildman–Crippen MR) is 122 cm³/mol. The van der Waals surface area contributed by atoms with Gasteiger partial charge in [0.15, 0.2) is 6.61 Å². The lowest BCUT2D eigenvalue weighted by Gasteiger charge is -2.43. The van der Waals surface area contributed by atoms with E-state index in [1.165, 1.54) is 72.8 Å². The van der Waals surface area contributed by atoms with Crippen LogP contribution in [-0.4, -0.2) is 54.2 Å². The van der Waals surface area contributed by atoms with E-state index < -0.39 is 54.2 Å². The van der Waals surface area contributed by atoms with Gasteiger partial charge >= 0.3 is 47.6 Å². The maximum atomic E-state index is 13.4. The molecule has 0 saturated heterocycles. The molecule has 0 N–H and O–H groups in total. The molecule has 2 spiro atoms. The minimum atomic E-state index is -3.39. The second-order valence-electron chi connectivity index (χ2n) is 8.47. The molecule has 3 heterocycles. The van der Waals surface area contributed by atoms with Crippen molar-refractivity contribution in [2.45, 2.75) is 11.8 Å². The lowest BCUT2D eigenvalue weighted by Crippen LogP contribution is -2.68. The number of fused-ring (bicyclic) bond motifs is 4. The molecule has 0 aromatic heterocycles. The minimum absolute atomic E-state index is 0.187. The number of benzene rings is 3. The highest BCUT2D eigenvalue weighted by atomic mass is 16.9. The predicted octanol–water partition coefficient (Wildman–Crippen LogP) is 2.42. The van der Waals surface area contributed by atoms with Crippen LogP contribution < -0.4 is 0 Å². The van der Waals surface area contributed by atoms with Gasteiger partial charge in [-0.1, -0.05) is 36.4 Å². The van der Waals surface area contributed by atoms with Gasteiger partial charge in [-0.15, -0.1) is 0 Å². The molecule has 12 heteroatoms. The molecule has 0 aliphatic carbocycles. The van der Waals surface area contributed by atoms with Crippen molar-refractivity contribution in [3.63, 3.8) is 0 Å². The summed E-state index contributed by atoms with van der Waals surface area (Å²) in [7, 11) is 0. The van der Waals surface area contributed by atoms with Crippen LogP contribution in [-0.2, 0) is 28.4 Å². The smallest absolute Gasteiger partial charge is 0.453 e. The van der Waals surface area contributed by atoms with Crippen LogP contribution in [0.5, 0.6) is 0 Å². The summed E-state index contributed by atoms with van der Waals surface area (Å²) in [5.74, 6) is -14.0. The zero-order chi connectivity index (χ0) is 27.4. The van der Waals surface area contributed by atoms with Gasteiger partial charge in [-0.3, -0.25) is 0 Å². The van der Waals surface area contributed by atoms with E-state index in [2.05, 4.69) is 0 Å². The maximum Gasteiger partial charge on any atom is 0.511 e. The monoisotopic (exact) mass is 530 g/mol. The molecule has 0 saturated carbocycles. The van der Waals surface area contributed by atoms with E-state index in [0.717, 1.165) is 0 Å². The average molecular weight is 530 g/mol. The Balaban J connectivity index is 1.59. The van der Waals surface area contributed by atoms with E-state index in [-0.39, 0.29) is 33.4 Å². The molecule has 6 rings (SSSR count). The van der Waals surface area contributed by atoms with Crippen molar-refractivity contribution in [1.82, 2.24) is 0 Å². The Morgan fingerprint density at radius 3 is 1.03 bits per heavy atom. The van der Waals surface area contributed by atoms with E-state index in [0.29, 0.717) is 0 Å². The maximum absolute atomic E-state index is 13.4. The molecule has 3 aromatic rings. The largest absolute Gasteiger partial charge is 0.511 e. The first-order chi connectivity index (χ1) is 18.7. The van der Waals surface area contributed by atoms with E-state index in [1.807, 2.05) is 0 Å². The molecule has 0 bridgehead atoms. The second-order valence-corrected chi connectivity index (χ2v) is 8.47. The first kappa shape index (κ1) is 23.9. The Morgan fingerprint density at radius 1 is 0.410 bits per heavy atom. The fourth-order valence-electron chi connectivity index (χ4n) is 4.29. The number of ether oxygens (including phenoxy) is 6. The minimum Gasteiger partial charge on any atom is -0.453 e. The van der Waals surface area contributed by atoms with Gasteiger partial charge in [-0.05, 0) is 36.4 Å². The Bertz CT molecular complexity index is 1570. The highest BCUT2D eigenvalue weighted by molar-refractivity contribution is 6.07. The van der Waals surface area contributed by atoms with Gasteiger partial charge in [0.1, 0.15) is 0 Å². The van der Waals surface area contributed by atoms with Crippen LogP contribution in [0.3, 0.4) is 0 Å². The van der Waals surface area contributed by atoms with Crippen molar-refractivity contribution in [3.8, 4) is 0 Å². The third kappa shape index (κ3) is 3.61. The molecular weight excluding hydrogens is 516 g/mol. The van der Waals surface area contributed by atoms with Crippen LogP contribution >= 0.6 is 0 Å². The fourth-order valence-corrected chi connectivity index (χ4v) is 4.29. The summed E-state index contributed by atoms with van der Waals surface area (Å²) in [6.45, 7) is -1.20. The molecule has 39 heavy (non-hydrogen) atoms. The Labute approximate surface area is 217 Å². The summed E-state index contributed by atoms with van der Waals surface area (Å²) < 4.78 is 32.5. The normalized spacial score (nSPS) is 21.5. The van der Waals surface area contributed by atoms with Gasteiger partial charge < -0.3 is 28.4 Å². The molecule has 12 nitrogen and oxygen atoms in total. The van der Waals surface area contributed by atoms with Crippen LogP contribution in [0.1, 0.15) is 62.1 Å². The van der Waals surface area contributed by atoms with Gasteiger partial charge in [-0.2, -0.15) is 0 Å². The Hall–Kier alpha value is -5.52. The standard InChI is InChI=1S/C27H14O12/c28-20-14-7-1-2-8-15(14)21(29)35-26(13-34-20)27(37-23(31)17-10-4-3-9-16(17)22(30)36-26)38-24(32)18-11-5-6-12-19(18)25(33)39-27/h1-12H,13H2. The number of cyclic esters (lactones) is 1. The van der Waals surface area contributed by atoms with Gasteiger partial charge in [0.05, 0.1) is 33.4 Å². The number of carbonyl (C=O) groups is 6. The molecule has 3 aromatic carbocycles. The number of esters is 6. The molecular formula is C27H14O12. The summed E-state index contributed by atoms with van der Waals surface area (Å²) in [5, 5.41) is 0. The zero-order valence-electron chi connectivity index (χ0n) is 19.5. The zero-order valence-corrected chi connectivity index (χ0v) is 19.5. The van der Waals surface area contributed by atoms with E-state index in [9.17, 15) is 28.8 Å². The highest BCUT2D eigenvalue weighted by Crippen LogP contribution is 2.43. The molecule has 0 amide bonds. The summed E-state index contributed by atoms with van der Waals surface area (Å²) in [4.78, 5) is 79.4. The number of carbonyl (C=O) groups excluding carboxylic acids is 6. The average Bonchev–Trinajstić information content (AvgIpc) is 3.04. The van der Waals surface area contributed by atoms with E-state index >= 15 is 0 Å². The Kier molecular flexibility index (Phi) is 5.21. The molecule has 1 atom stereocenters. The van der Waals surface area contributed by atoms with Crippen molar-refractivity contribution in [3.05, 3.63) is 106 Å². The lowest BCUT2D eigenvalue weighted by molar-refractivity contribution is -0.431. The summed E-state index contributed by atoms with van der Waals surface area (Å²) in [6, 6.07) is 16.0. The van der Waals surface area contributed by atoms with Gasteiger partial charge in [0.25, 0.3) is 0 Å². The van der Waals surface area contributed by atoms with Gasteiger partial charge in [0, 0.05) is 0 Å². The molecule has 3 aliphatic heterocycles. The Morgan fingerprint density at radius 2 is 0.692 bits per heavy atom. The van der Waals surface area contributed by atoms with Crippen LogP contribution in [0, 0.1) is 0 Å². The van der Waals surface area contributed by atoms with Crippen molar-refractivity contribution in [1.29, 1.82) is 0 Å². The van der Waals surface area contributed by atoms with E-state index in [4.69, 9.17) is 28.4 Å². The van der Waals surface area contributed by atoms with Crippen LogP contribution in [0.4, 0.5) is 0 Å². The number of hydrogen-bond acceptors (Lipinski definition) is 12. The molecule has 194 valence electrons. The highest BCUT2D eigenvalue weighted by Gasteiger charge is 2.73. The second kappa shape index (κ2) is 8.52. The number of rotatable bonds is 0. The molecule has 1 unspecified atom stereocenters. The third-order valence-electron chi connectivity index (χ3n) is 6.16. The molecule has 3 aliphatic rings. The lowest BCUT2D eigenvalue weighted by atomic mass is 10.0.